The van der Waals surface area contributed by atoms with Gasteiger partial charge in [-0.15, -0.1) is 0 Å². The molecule has 2 aliphatic carbocycles. The Labute approximate surface area is 339 Å². The molecule has 2 saturated carbocycles. The number of carbonyl (C=O) groups is 5. The standard InChI is InChI=1S/C45H67N7O5/c1-48-38(30-33-19-8-3-9-20-33)41(53)50-37(25-14-15-27-46)44(56)51-28-16-26-39(51)45(57)52(43(55)36(47)29-32-17-6-2-7-18-32)40(31-34-21-10-4-11-22-34)42(54)49-35-23-12-5-13-24-35/h3-4,8-11,19-22,32,35-40,48H,2,5-7,12-18,23-31,46-47H2,1H3,(H,49,54)(H,50,53)/t36-,37+,38+,39+,40+/m1/s1. The number of benzene rings is 2. The monoisotopic (exact) mass is 786 g/mol. The SMILES string of the molecule is CN[C@@H](Cc1ccccc1)C(=O)N[C@@H](CCCCN)C(=O)N1CCC[C@H]1C(=O)N(C(=O)[C@H](N)CC1CCCCC1)[C@@H](Cc1ccccc1)C(=O)NC1CCCCC1. The number of imide groups is 1. The number of nitrogens with zero attached hydrogens (tertiary/aromatic N) is 2. The molecule has 0 bridgehead atoms. The first-order chi connectivity index (χ1) is 27.7. The van der Waals surface area contributed by atoms with E-state index in [1.165, 1.54) is 4.90 Å². The lowest BCUT2D eigenvalue weighted by atomic mass is 9.84. The molecule has 3 aliphatic rings. The van der Waals surface area contributed by atoms with Gasteiger partial charge in [0.25, 0.3) is 5.91 Å². The summed E-state index contributed by atoms with van der Waals surface area (Å²) in [5.41, 5.74) is 14.4. The van der Waals surface area contributed by atoms with Crippen LogP contribution in [0.5, 0.6) is 0 Å². The highest BCUT2D eigenvalue weighted by Crippen LogP contribution is 2.29. The Morgan fingerprint density at radius 2 is 1.37 bits per heavy atom. The van der Waals surface area contributed by atoms with Gasteiger partial charge >= 0.3 is 0 Å². The molecule has 5 rings (SSSR count). The molecule has 1 saturated heterocycles. The summed E-state index contributed by atoms with van der Waals surface area (Å²) in [5, 5.41) is 9.31. The highest BCUT2D eigenvalue weighted by atomic mass is 16.2. The molecule has 1 heterocycles. The van der Waals surface area contributed by atoms with Crippen molar-refractivity contribution >= 4 is 29.5 Å². The van der Waals surface area contributed by atoms with E-state index in [1.807, 2.05) is 60.7 Å². The van der Waals surface area contributed by atoms with Crippen LogP contribution in [0.15, 0.2) is 60.7 Å². The quantitative estimate of drug-likeness (QED) is 0.132. The van der Waals surface area contributed by atoms with Crippen molar-refractivity contribution < 1.29 is 24.0 Å². The van der Waals surface area contributed by atoms with E-state index < -0.39 is 42.0 Å². The molecule has 0 radical (unpaired) electrons. The maximum Gasteiger partial charge on any atom is 0.252 e. The Hall–Kier alpha value is -4.13. The van der Waals surface area contributed by atoms with Crippen LogP contribution in [0, 0.1) is 5.92 Å². The van der Waals surface area contributed by atoms with Gasteiger partial charge in [-0.3, -0.25) is 28.9 Å². The van der Waals surface area contributed by atoms with Crippen LogP contribution in [0.1, 0.15) is 114 Å². The third-order valence-electron chi connectivity index (χ3n) is 12.3. The summed E-state index contributed by atoms with van der Waals surface area (Å²) in [6.07, 6.45) is 13.5. The summed E-state index contributed by atoms with van der Waals surface area (Å²) < 4.78 is 0. The Balaban J connectivity index is 1.44. The number of carbonyl (C=O) groups excluding carboxylic acids is 5. The lowest BCUT2D eigenvalue weighted by Crippen LogP contribution is -2.63. The van der Waals surface area contributed by atoms with Gasteiger partial charge in [0.15, 0.2) is 0 Å². The Morgan fingerprint density at radius 1 is 0.754 bits per heavy atom. The number of nitrogens with two attached hydrogens (primary N) is 2. The van der Waals surface area contributed by atoms with Crippen molar-refractivity contribution in [3.63, 3.8) is 0 Å². The van der Waals surface area contributed by atoms with Crippen LogP contribution in [0.3, 0.4) is 0 Å². The van der Waals surface area contributed by atoms with Gasteiger partial charge in [0.1, 0.15) is 18.1 Å². The molecule has 5 atom stereocenters. The molecule has 57 heavy (non-hydrogen) atoms. The lowest BCUT2D eigenvalue weighted by Gasteiger charge is -2.37. The molecule has 5 amide bonds. The lowest BCUT2D eigenvalue weighted by molar-refractivity contribution is -0.158. The summed E-state index contributed by atoms with van der Waals surface area (Å²) in [6.45, 7) is 0.725. The largest absolute Gasteiger partial charge is 0.352 e. The minimum absolute atomic E-state index is 0.0433. The molecule has 12 nitrogen and oxygen atoms in total. The number of likely N-dealkylation sites (tertiary alicyclic amines) is 1. The van der Waals surface area contributed by atoms with Crippen molar-refractivity contribution in [2.24, 2.45) is 17.4 Å². The number of hydrogen-bond donors (Lipinski definition) is 5. The van der Waals surface area contributed by atoms with Crippen LogP contribution in [-0.4, -0.2) is 95.7 Å². The van der Waals surface area contributed by atoms with E-state index in [0.29, 0.717) is 51.5 Å². The third-order valence-corrected chi connectivity index (χ3v) is 12.3. The number of nitrogens with one attached hydrogen (secondary N) is 3. The van der Waals surface area contributed by atoms with Crippen LogP contribution in [0.4, 0.5) is 0 Å². The van der Waals surface area contributed by atoms with Gasteiger partial charge in [-0.2, -0.15) is 0 Å². The van der Waals surface area contributed by atoms with Gasteiger partial charge in [0.2, 0.25) is 23.6 Å². The van der Waals surface area contributed by atoms with Crippen molar-refractivity contribution in [1.29, 1.82) is 0 Å². The number of rotatable bonds is 19. The fraction of sp³-hybridized carbons (Fsp3) is 0.622. The van der Waals surface area contributed by atoms with Crippen molar-refractivity contribution in [2.45, 2.75) is 152 Å². The molecule has 0 unspecified atom stereocenters. The number of unbranched alkanes of at least 4 members (excludes halogenated alkanes) is 1. The first-order valence-corrected chi connectivity index (χ1v) is 21.7. The van der Waals surface area contributed by atoms with Gasteiger partial charge < -0.3 is 32.3 Å². The van der Waals surface area contributed by atoms with Crippen LogP contribution in [0.2, 0.25) is 0 Å². The van der Waals surface area contributed by atoms with E-state index in [4.69, 9.17) is 11.5 Å². The first kappa shape index (κ1) is 44.0. The van der Waals surface area contributed by atoms with Gasteiger partial charge in [-0.1, -0.05) is 112 Å². The van der Waals surface area contributed by atoms with Gasteiger partial charge in [0.05, 0.1) is 12.1 Å². The summed E-state index contributed by atoms with van der Waals surface area (Å²) >= 11 is 0. The van der Waals surface area contributed by atoms with E-state index in [-0.39, 0.29) is 42.6 Å². The predicted octanol–water partition coefficient (Wildman–Crippen LogP) is 4.14. The first-order valence-electron chi connectivity index (χ1n) is 21.7. The average Bonchev–Trinajstić information content (AvgIpc) is 3.73. The second-order valence-electron chi connectivity index (χ2n) is 16.5. The summed E-state index contributed by atoms with van der Waals surface area (Å²) in [6, 6.07) is 14.4. The minimum Gasteiger partial charge on any atom is -0.352 e. The number of hydrogen-bond acceptors (Lipinski definition) is 8. The zero-order chi connectivity index (χ0) is 40.6. The predicted molar refractivity (Wildman–Crippen MR) is 223 cm³/mol. The zero-order valence-electron chi connectivity index (χ0n) is 34.0. The smallest absolute Gasteiger partial charge is 0.252 e. The number of amides is 5. The van der Waals surface area contributed by atoms with E-state index in [0.717, 1.165) is 80.2 Å². The van der Waals surface area contributed by atoms with Crippen LogP contribution >= 0.6 is 0 Å². The van der Waals surface area contributed by atoms with E-state index in [9.17, 15) is 19.2 Å². The molecular weight excluding hydrogens is 719 g/mol. The Bertz CT molecular complexity index is 1580. The van der Waals surface area contributed by atoms with Gasteiger partial charge in [0, 0.05) is 19.0 Å². The van der Waals surface area contributed by atoms with Crippen molar-refractivity contribution in [3.8, 4) is 0 Å². The minimum atomic E-state index is -1.15. The molecule has 2 aromatic carbocycles. The average molecular weight is 786 g/mol. The number of likely N-dealkylation sites (N-methyl/N-ethyl adjacent to an activating group) is 1. The maximum atomic E-state index is 15.2. The molecule has 1 aliphatic heterocycles. The Morgan fingerprint density at radius 3 is 1.98 bits per heavy atom. The van der Waals surface area contributed by atoms with Crippen LogP contribution < -0.4 is 27.4 Å². The second kappa shape index (κ2) is 22.7. The molecule has 12 heteroatoms. The molecular formula is C45H67N7O5. The summed E-state index contributed by atoms with van der Waals surface area (Å²) in [7, 11) is 1.72. The summed E-state index contributed by atoms with van der Waals surface area (Å²) in [4.78, 5) is 75.4. The van der Waals surface area contributed by atoms with Gasteiger partial charge in [-0.25, -0.2) is 0 Å². The molecule has 2 aromatic rings. The van der Waals surface area contributed by atoms with Crippen molar-refractivity contribution in [2.75, 3.05) is 20.1 Å². The third kappa shape index (κ3) is 12.7. The maximum absolute atomic E-state index is 15.2. The normalized spacial score (nSPS) is 19.9. The van der Waals surface area contributed by atoms with Gasteiger partial charge in [-0.05, 0) is 88.4 Å². The van der Waals surface area contributed by atoms with E-state index in [2.05, 4.69) is 16.0 Å². The molecule has 0 aromatic heterocycles. The molecule has 7 N–H and O–H groups in total. The molecule has 312 valence electrons. The molecule has 0 spiro atoms. The highest BCUT2D eigenvalue weighted by molar-refractivity contribution is 6.05. The second-order valence-corrected chi connectivity index (χ2v) is 16.5. The fourth-order valence-corrected chi connectivity index (χ4v) is 9.01. The Kier molecular flexibility index (Phi) is 17.5. The summed E-state index contributed by atoms with van der Waals surface area (Å²) in [5.74, 6) is -1.97. The fourth-order valence-electron chi connectivity index (χ4n) is 9.01. The zero-order valence-corrected chi connectivity index (χ0v) is 34.0. The van der Waals surface area contributed by atoms with E-state index in [1.54, 1.807) is 7.05 Å². The van der Waals surface area contributed by atoms with Crippen molar-refractivity contribution in [1.82, 2.24) is 25.8 Å². The topological polar surface area (TPSA) is 180 Å². The van der Waals surface area contributed by atoms with E-state index >= 15 is 4.79 Å². The van der Waals surface area contributed by atoms with Crippen molar-refractivity contribution in [3.05, 3.63) is 71.8 Å². The molecule has 3 fully saturated rings. The highest BCUT2D eigenvalue weighted by Gasteiger charge is 2.46. The van der Waals surface area contributed by atoms with Crippen LogP contribution in [0.25, 0.3) is 0 Å². The van der Waals surface area contributed by atoms with Crippen LogP contribution in [-0.2, 0) is 36.8 Å².